The number of hydrogen-bond acceptors (Lipinski definition) is 8. The van der Waals surface area contributed by atoms with Crippen LogP contribution in [0.15, 0.2) is 51.8 Å². The van der Waals surface area contributed by atoms with E-state index in [0.717, 1.165) is 12.8 Å². The molecule has 10 nitrogen and oxygen atoms in total. The van der Waals surface area contributed by atoms with Crippen molar-refractivity contribution < 1.29 is 27.1 Å². The number of ether oxygens (including phenoxy) is 2. The Morgan fingerprint density at radius 2 is 1.76 bits per heavy atom. The number of nitrogens with zero attached hydrogens (tertiary/aromatic N) is 3. The highest BCUT2D eigenvalue weighted by Gasteiger charge is 2.28. The Morgan fingerprint density at radius 1 is 1.06 bits per heavy atom. The van der Waals surface area contributed by atoms with Crippen molar-refractivity contribution in [1.29, 1.82) is 0 Å². The lowest BCUT2D eigenvalue weighted by molar-refractivity contribution is 0.102. The number of hydrogen-bond donors (Lipinski definition) is 1. The highest BCUT2D eigenvalue weighted by Crippen LogP contribution is 2.33. The summed E-state index contributed by atoms with van der Waals surface area (Å²) in [5.74, 6) is 1.23. The molecule has 0 unspecified atom stereocenters. The Morgan fingerprint density at radius 3 is 2.41 bits per heavy atom. The Kier molecular flexibility index (Phi) is 6.85. The maximum Gasteiger partial charge on any atom is 0.322 e. The first-order valence-electron chi connectivity index (χ1n) is 10.8. The summed E-state index contributed by atoms with van der Waals surface area (Å²) in [4.78, 5) is 12.8. The van der Waals surface area contributed by atoms with Crippen molar-refractivity contribution in [3.63, 3.8) is 0 Å². The van der Waals surface area contributed by atoms with Gasteiger partial charge in [-0.3, -0.25) is 10.1 Å². The largest absolute Gasteiger partial charge is 0.497 e. The highest BCUT2D eigenvalue weighted by atomic mass is 32.2. The predicted molar refractivity (Wildman–Crippen MR) is 124 cm³/mol. The first-order chi connectivity index (χ1) is 16.3. The molecule has 0 bridgehead atoms. The third-order valence-corrected chi connectivity index (χ3v) is 7.69. The van der Waals surface area contributed by atoms with E-state index >= 15 is 0 Å². The van der Waals surface area contributed by atoms with E-state index < -0.39 is 15.9 Å². The zero-order valence-corrected chi connectivity index (χ0v) is 20.0. The number of piperidine rings is 1. The van der Waals surface area contributed by atoms with Crippen molar-refractivity contribution in [2.45, 2.75) is 24.7 Å². The number of carbonyl (C=O) groups excluding carboxylic acids is 1. The van der Waals surface area contributed by atoms with Gasteiger partial charge in [0.25, 0.3) is 11.8 Å². The van der Waals surface area contributed by atoms with Crippen LogP contribution in [-0.4, -0.2) is 56.1 Å². The maximum atomic E-state index is 12.9. The molecular formula is C23H26N4O6S. The van der Waals surface area contributed by atoms with E-state index in [1.807, 2.05) is 0 Å². The van der Waals surface area contributed by atoms with E-state index in [4.69, 9.17) is 13.9 Å². The van der Waals surface area contributed by atoms with Gasteiger partial charge >= 0.3 is 6.01 Å². The highest BCUT2D eigenvalue weighted by molar-refractivity contribution is 7.89. The molecule has 2 heterocycles. The molecule has 11 heteroatoms. The molecule has 1 saturated heterocycles. The molecule has 1 aromatic heterocycles. The molecular weight excluding hydrogens is 460 g/mol. The molecule has 0 atom stereocenters. The standard InChI is InChI=1S/C23H26N4O6S/c1-15-10-12-27(13-11-15)34(29,30)18-7-4-16(5-8-18)21(28)24-23-26-25-22(33-23)19-14-17(31-2)6-9-20(19)32-3/h4-9,14-15H,10-13H2,1-3H3,(H,24,26,28). The Balaban J connectivity index is 1.47. The van der Waals surface area contributed by atoms with E-state index in [2.05, 4.69) is 22.4 Å². The van der Waals surface area contributed by atoms with Crippen LogP contribution in [0.3, 0.4) is 0 Å². The van der Waals surface area contributed by atoms with E-state index in [9.17, 15) is 13.2 Å². The summed E-state index contributed by atoms with van der Waals surface area (Å²) < 4.78 is 43.4. The zero-order chi connectivity index (χ0) is 24.3. The molecule has 0 saturated carbocycles. The molecule has 180 valence electrons. The molecule has 34 heavy (non-hydrogen) atoms. The maximum absolute atomic E-state index is 12.9. The van der Waals surface area contributed by atoms with Crippen molar-refractivity contribution >= 4 is 21.9 Å². The van der Waals surface area contributed by atoms with Crippen molar-refractivity contribution in [3.8, 4) is 23.0 Å². The molecule has 1 aliphatic heterocycles. The number of anilines is 1. The number of rotatable bonds is 7. The fourth-order valence-electron chi connectivity index (χ4n) is 3.69. The lowest BCUT2D eigenvalue weighted by atomic mass is 10.0. The van der Waals surface area contributed by atoms with Crippen molar-refractivity contribution in [2.75, 3.05) is 32.6 Å². The number of sulfonamides is 1. The van der Waals surface area contributed by atoms with E-state index in [1.165, 1.54) is 42.8 Å². The molecule has 0 spiro atoms. The fourth-order valence-corrected chi connectivity index (χ4v) is 5.16. The fraction of sp³-hybridized carbons (Fsp3) is 0.348. The Hall–Kier alpha value is -3.44. The van der Waals surface area contributed by atoms with Gasteiger partial charge in [-0.15, -0.1) is 5.10 Å². The van der Waals surface area contributed by atoms with Crippen LogP contribution in [0.5, 0.6) is 11.5 Å². The first kappa shape index (κ1) is 23.7. The van der Waals surface area contributed by atoms with E-state index in [1.54, 1.807) is 18.2 Å². The number of nitrogens with one attached hydrogen (secondary N) is 1. The van der Waals surface area contributed by atoms with Gasteiger partial charge in [0.2, 0.25) is 10.0 Å². The zero-order valence-electron chi connectivity index (χ0n) is 19.1. The van der Waals surface area contributed by atoms with Gasteiger partial charge < -0.3 is 13.9 Å². The molecule has 0 aliphatic carbocycles. The quantitative estimate of drug-likeness (QED) is 0.539. The number of carbonyl (C=O) groups is 1. The summed E-state index contributed by atoms with van der Waals surface area (Å²) in [5.41, 5.74) is 0.765. The van der Waals surface area contributed by atoms with Crippen molar-refractivity contribution in [1.82, 2.24) is 14.5 Å². The van der Waals surface area contributed by atoms with Gasteiger partial charge in [0.1, 0.15) is 11.5 Å². The van der Waals surface area contributed by atoms with E-state index in [-0.39, 0.29) is 22.4 Å². The van der Waals surface area contributed by atoms with Crippen LogP contribution in [0.4, 0.5) is 6.01 Å². The minimum absolute atomic E-state index is 0.107. The molecule has 0 radical (unpaired) electrons. The number of benzene rings is 2. The van der Waals surface area contributed by atoms with Crippen LogP contribution in [0.25, 0.3) is 11.5 Å². The average Bonchev–Trinajstić information content (AvgIpc) is 3.32. The average molecular weight is 487 g/mol. The smallest absolute Gasteiger partial charge is 0.322 e. The second-order valence-electron chi connectivity index (χ2n) is 8.04. The van der Waals surface area contributed by atoms with E-state index in [0.29, 0.717) is 36.1 Å². The summed E-state index contributed by atoms with van der Waals surface area (Å²) in [6, 6.07) is 10.8. The van der Waals surface area contributed by atoms with Gasteiger partial charge in [0.05, 0.1) is 24.7 Å². The van der Waals surface area contributed by atoms with Gasteiger partial charge in [0, 0.05) is 18.7 Å². The molecule has 4 rings (SSSR count). The topological polar surface area (TPSA) is 124 Å². The monoisotopic (exact) mass is 486 g/mol. The van der Waals surface area contributed by atoms with Crippen LogP contribution in [0.1, 0.15) is 30.1 Å². The third-order valence-electron chi connectivity index (χ3n) is 5.78. The molecule has 1 N–H and O–H groups in total. The third kappa shape index (κ3) is 4.90. The van der Waals surface area contributed by atoms with Gasteiger partial charge in [-0.05, 0) is 61.2 Å². The lowest BCUT2D eigenvalue weighted by Crippen LogP contribution is -2.37. The number of aromatic nitrogens is 2. The molecule has 2 aromatic carbocycles. The summed E-state index contributed by atoms with van der Waals surface area (Å²) >= 11 is 0. The van der Waals surface area contributed by atoms with Crippen molar-refractivity contribution in [2.24, 2.45) is 5.92 Å². The predicted octanol–water partition coefficient (Wildman–Crippen LogP) is 3.43. The molecule has 1 amide bonds. The second kappa shape index (κ2) is 9.82. The molecule has 1 fully saturated rings. The van der Waals surface area contributed by atoms with Crippen molar-refractivity contribution in [3.05, 3.63) is 48.0 Å². The number of amides is 1. The Bertz CT molecular complexity index is 1260. The van der Waals surface area contributed by atoms with Crippen LogP contribution < -0.4 is 14.8 Å². The molecule has 3 aromatic rings. The minimum atomic E-state index is -3.59. The van der Waals surface area contributed by atoms with Gasteiger partial charge in [0.15, 0.2) is 0 Å². The summed E-state index contributed by atoms with van der Waals surface area (Å²) in [7, 11) is -0.538. The van der Waals surface area contributed by atoms with Crippen LogP contribution in [0, 0.1) is 5.92 Å². The lowest BCUT2D eigenvalue weighted by Gasteiger charge is -2.29. The van der Waals surface area contributed by atoms with Crippen LogP contribution in [0.2, 0.25) is 0 Å². The normalized spacial score (nSPS) is 15.1. The molecule has 1 aliphatic rings. The SMILES string of the molecule is COc1ccc(OC)c(-c2nnc(NC(=O)c3ccc(S(=O)(=O)N4CCC(C)CC4)cc3)o2)c1. The van der Waals surface area contributed by atoms with Crippen LogP contribution >= 0.6 is 0 Å². The minimum Gasteiger partial charge on any atom is -0.497 e. The number of methoxy groups -OCH3 is 2. The Labute approximate surface area is 197 Å². The summed E-state index contributed by atoms with van der Waals surface area (Å²) in [6.07, 6.45) is 1.68. The van der Waals surface area contributed by atoms with Gasteiger partial charge in [-0.25, -0.2) is 8.42 Å². The summed E-state index contributed by atoms with van der Waals surface area (Å²) in [5, 5.41) is 10.4. The second-order valence-corrected chi connectivity index (χ2v) is 9.98. The summed E-state index contributed by atoms with van der Waals surface area (Å²) in [6.45, 7) is 3.13. The van der Waals surface area contributed by atoms with Gasteiger partial charge in [-0.1, -0.05) is 12.0 Å². The van der Waals surface area contributed by atoms with Crippen LogP contribution in [-0.2, 0) is 10.0 Å². The first-order valence-corrected chi connectivity index (χ1v) is 12.2. The van der Waals surface area contributed by atoms with Gasteiger partial charge in [-0.2, -0.15) is 4.31 Å².